The Morgan fingerprint density at radius 2 is 1.72 bits per heavy atom. The van der Waals surface area contributed by atoms with Gasteiger partial charge >= 0.3 is 0 Å². The molecule has 2 heterocycles. The van der Waals surface area contributed by atoms with Gasteiger partial charge in [0.2, 0.25) is 10.0 Å². The van der Waals surface area contributed by atoms with Crippen molar-refractivity contribution in [3.05, 3.63) is 52.9 Å². The first-order valence-corrected chi connectivity index (χ1v) is 11.1. The van der Waals surface area contributed by atoms with Crippen molar-refractivity contribution >= 4 is 15.7 Å². The molecule has 0 aliphatic carbocycles. The number of ether oxygens (including phenoxy) is 1. The van der Waals surface area contributed by atoms with Crippen molar-refractivity contribution in [1.82, 2.24) is 13.8 Å². The smallest absolute Gasteiger partial charge is 0.251 e. The van der Waals surface area contributed by atoms with Gasteiger partial charge in [0.1, 0.15) is 5.75 Å². The molecule has 2 aromatic rings. The molecule has 0 atom stereocenters. The van der Waals surface area contributed by atoms with Crippen molar-refractivity contribution in [3.8, 4) is 5.75 Å². The summed E-state index contributed by atoms with van der Waals surface area (Å²) in [4.78, 5) is 16.8. The Morgan fingerprint density at radius 3 is 2.38 bits per heavy atom. The number of hydrogen-bond donors (Lipinski definition) is 0. The lowest BCUT2D eigenvalue weighted by molar-refractivity contribution is 0.202. The Hall–Kier alpha value is -2.36. The van der Waals surface area contributed by atoms with Gasteiger partial charge in [-0.3, -0.25) is 9.69 Å². The highest BCUT2D eigenvalue weighted by molar-refractivity contribution is 7.89. The molecule has 29 heavy (non-hydrogen) atoms. The molecule has 1 aromatic carbocycles. The molecule has 0 bridgehead atoms. The van der Waals surface area contributed by atoms with E-state index in [4.69, 9.17) is 4.74 Å². The van der Waals surface area contributed by atoms with E-state index in [1.54, 1.807) is 0 Å². The van der Waals surface area contributed by atoms with E-state index in [0.717, 1.165) is 41.9 Å². The summed E-state index contributed by atoms with van der Waals surface area (Å²) in [6, 6.07) is 10.7. The molecule has 0 radical (unpaired) electrons. The number of benzene rings is 1. The van der Waals surface area contributed by atoms with Gasteiger partial charge in [0.15, 0.2) is 0 Å². The molecule has 0 unspecified atom stereocenters. The van der Waals surface area contributed by atoms with E-state index in [1.165, 1.54) is 37.0 Å². The SMILES string of the molecule is CCOc1ccccc1N1CCN(Cn2cc(S(=O)(=O)N(C)C)ccc2=O)CC1. The van der Waals surface area contributed by atoms with E-state index < -0.39 is 10.0 Å². The summed E-state index contributed by atoms with van der Waals surface area (Å²) in [7, 11) is -0.627. The maximum atomic E-state index is 12.4. The third-order valence-corrected chi connectivity index (χ3v) is 6.76. The molecule has 158 valence electrons. The minimum atomic E-state index is -3.58. The molecule has 3 rings (SSSR count). The molecule has 0 saturated carbocycles. The lowest BCUT2D eigenvalue weighted by Gasteiger charge is -2.36. The van der Waals surface area contributed by atoms with Crippen molar-refractivity contribution < 1.29 is 13.2 Å². The molecule has 0 spiro atoms. The average molecular weight is 421 g/mol. The van der Waals surface area contributed by atoms with Gasteiger partial charge in [-0.05, 0) is 25.1 Å². The standard InChI is InChI=1S/C20H28N4O4S/c1-4-28-19-8-6-5-7-18(19)23-13-11-22(12-14-23)16-24-15-17(9-10-20(24)25)29(26,27)21(2)3/h5-10,15H,4,11-14,16H2,1-3H3. The molecule has 8 nitrogen and oxygen atoms in total. The van der Waals surface area contributed by atoms with Crippen LogP contribution in [0.1, 0.15) is 6.92 Å². The normalized spacial score (nSPS) is 15.7. The van der Waals surface area contributed by atoms with Crippen molar-refractivity contribution in [1.29, 1.82) is 0 Å². The van der Waals surface area contributed by atoms with E-state index in [0.29, 0.717) is 13.3 Å². The van der Waals surface area contributed by atoms with Crippen LogP contribution in [-0.4, -0.2) is 69.1 Å². The van der Waals surface area contributed by atoms with Crippen molar-refractivity contribution in [2.75, 3.05) is 51.8 Å². The fourth-order valence-electron chi connectivity index (χ4n) is 3.32. The largest absolute Gasteiger partial charge is 0.492 e. The minimum absolute atomic E-state index is 0.117. The highest BCUT2D eigenvalue weighted by Crippen LogP contribution is 2.28. The van der Waals surface area contributed by atoms with Crippen molar-refractivity contribution in [2.24, 2.45) is 0 Å². The predicted octanol–water partition coefficient (Wildman–Crippen LogP) is 1.28. The van der Waals surface area contributed by atoms with Crippen LogP contribution in [0.25, 0.3) is 0 Å². The Balaban J connectivity index is 1.70. The van der Waals surface area contributed by atoms with Crippen LogP contribution < -0.4 is 15.2 Å². The molecule has 9 heteroatoms. The minimum Gasteiger partial charge on any atom is -0.492 e. The molecule has 1 fully saturated rings. The van der Waals surface area contributed by atoms with Gasteiger partial charge < -0.3 is 14.2 Å². The zero-order chi connectivity index (χ0) is 21.0. The molecule has 0 amide bonds. The van der Waals surface area contributed by atoms with E-state index in [2.05, 4.69) is 15.9 Å². The lowest BCUT2D eigenvalue weighted by atomic mass is 10.2. The molecule has 1 saturated heterocycles. The summed E-state index contributed by atoms with van der Waals surface area (Å²) in [6.07, 6.45) is 1.43. The Kier molecular flexibility index (Phi) is 6.61. The number of rotatable bonds is 7. The van der Waals surface area contributed by atoms with E-state index in [9.17, 15) is 13.2 Å². The number of hydrogen-bond acceptors (Lipinski definition) is 6. The zero-order valence-electron chi connectivity index (χ0n) is 17.1. The number of aromatic nitrogens is 1. The summed E-state index contributed by atoms with van der Waals surface area (Å²) < 4.78 is 33.0. The van der Waals surface area contributed by atoms with Crippen LogP contribution in [0.4, 0.5) is 5.69 Å². The second kappa shape index (κ2) is 8.98. The predicted molar refractivity (Wildman–Crippen MR) is 113 cm³/mol. The summed E-state index contributed by atoms with van der Waals surface area (Å²) in [5.41, 5.74) is 0.858. The highest BCUT2D eigenvalue weighted by atomic mass is 32.2. The Labute approximate surface area is 172 Å². The van der Waals surface area contributed by atoms with Gasteiger partial charge in [-0.1, -0.05) is 12.1 Å². The topological polar surface area (TPSA) is 75.1 Å². The van der Waals surface area contributed by atoms with Crippen molar-refractivity contribution in [2.45, 2.75) is 18.5 Å². The summed E-state index contributed by atoms with van der Waals surface area (Å²) in [5.74, 6) is 0.876. The van der Waals surface area contributed by atoms with E-state index in [-0.39, 0.29) is 10.5 Å². The van der Waals surface area contributed by atoms with E-state index >= 15 is 0 Å². The molecule has 0 N–H and O–H groups in total. The molecular formula is C20H28N4O4S. The van der Waals surface area contributed by atoms with Gasteiger partial charge in [0.25, 0.3) is 5.56 Å². The van der Waals surface area contributed by atoms with Gasteiger partial charge in [0, 0.05) is 52.5 Å². The number of pyridine rings is 1. The van der Waals surface area contributed by atoms with Crippen LogP contribution in [-0.2, 0) is 16.7 Å². The maximum Gasteiger partial charge on any atom is 0.251 e. The molecule has 1 aliphatic heterocycles. The Morgan fingerprint density at radius 1 is 1.03 bits per heavy atom. The van der Waals surface area contributed by atoms with Crippen LogP contribution in [0.3, 0.4) is 0 Å². The molecule has 1 aliphatic rings. The van der Waals surface area contributed by atoms with Crippen LogP contribution in [0.2, 0.25) is 0 Å². The second-order valence-corrected chi connectivity index (χ2v) is 9.26. The van der Waals surface area contributed by atoms with Gasteiger partial charge in [-0.2, -0.15) is 0 Å². The third kappa shape index (κ3) is 4.80. The third-order valence-electron chi connectivity index (χ3n) is 4.97. The number of para-hydroxylation sites is 2. The maximum absolute atomic E-state index is 12.4. The van der Waals surface area contributed by atoms with Crippen LogP contribution >= 0.6 is 0 Å². The Bertz CT molecular complexity index is 996. The summed E-state index contributed by atoms with van der Waals surface area (Å²) in [5, 5.41) is 0. The van der Waals surface area contributed by atoms with E-state index in [1.807, 2.05) is 25.1 Å². The van der Waals surface area contributed by atoms with Gasteiger partial charge in [0.05, 0.1) is 23.9 Å². The number of piperazine rings is 1. The zero-order valence-corrected chi connectivity index (χ0v) is 17.9. The summed E-state index contributed by atoms with van der Waals surface area (Å²) >= 11 is 0. The molecule has 1 aromatic heterocycles. The number of sulfonamides is 1. The van der Waals surface area contributed by atoms with Gasteiger partial charge in [-0.25, -0.2) is 12.7 Å². The van der Waals surface area contributed by atoms with Gasteiger partial charge in [-0.15, -0.1) is 0 Å². The number of anilines is 1. The van der Waals surface area contributed by atoms with Crippen LogP contribution in [0, 0.1) is 0 Å². The highest BCUT2D eigenvalue weighted by Gasteiger charge is 2.22. The first kappa shape index (κ1) is 21.4. The van der Waals surface area contributed by atoms with Crippen LogP contribution in [0.5, 0.6) is 5.75 Å². The monoisotopic (exact) mass is 420 g/mol. The lowest BCUT2D eigenvalue weighted by Crippen LogP contribution is -2.47. The fourth-order valence-corrected chi connectivity index (χ4v) is 4.25. The fraction of sp³-hybridized carbons (Fsp3) is 0.450. The first-order valence-electron chi connectivity index (χ1n) is 9.65. The second-order valence-electron chi connectivity index (χ2n) is 7.11. The molecular weight excluding hydrogens is 392 g/mol. The van der Waals surface area contributed by atoms with Crippen LogP contribution in [0.15, 0.2) is 52.3 Å². The van der Waals surface area contributed by atoms with Crippen molar-refractivity contribution in [3.63, 3.8) is 0 Å². The quantitative estimate of drug-likeness (QED) is 0.672. The number of nitrogens with zero attached hydrogens (tertiary/aromatic N) is 4. The average Bonchev–Trinajstić information content (AvgIpc) is 2.71. The summed E-state index contributed by atoms with van der Waals surface area (Å²) in [6.45, 7) is 6.07. The first-order chi connectivity index (χ1) is 13.8.